The highest BCUT2D eigenvalue weighted by molar-refractivity contribution is 6.00. The Bertz CT molecular complexity index is 824. The lowest BCUT2D eigenvalue weighted by atomic mass is 9.95. The average molecular weight is 386 g/mol. The minimum Gasteiger partial charge on any atom is -0.496 e. The summed E-state index contributed by atoms with van der Waals surface area (Å²) in [5, 5.41) is 2.80. The van der Waals surface area contributed by atoms with E-state index in [2.05, 4.69) is 5.32 Å². The van der Waals surface area contributed by atoms with E-state index in [1.54, 1.807) is 23.1 Å². The summed E-state index contributed by atoms with van der Waals surface area (Å²) in [7, 11) is 3.02. The Balaban J connectivity index is 1.63. The van der Waals surface area contributed by atoms with Crippen molar-refractivity contribution < 1.29 is 23.5 Å². The third-order valence-electron chi connectivity index (χ3n) is 4.91. The van der Waals surface area contributed by atoms with Crippen LogP contribution in [0.4, 0.5) is 10.1 Å². The molecule has 0 saturated carbocycles. The Morgan fingerprint density at radius 1 is 1.00 bits per heavy atom. The van der Waals surface area contributed by atoms with E-state index in [4.69, 9.17) is 9.47 Å². The van der Waals surface area contributed by atoms with E-state index in [1.807, 2.05) is 0 Å². The first-order valence-corrected chi connectivity index (χ1v) is 9.10. The number of benzene rings is 2. The summed E-state index contributed by atoms with van der Waals surface area (Å²) in [4.78, 5) is 27.2. The molecule has 0 spiro atoms. The van der Waals surface area contributed by atoms with Gasteiger partial charge in [0.2, 0.25) is 5.91 Å². The Labute approximate surface area is 163 Å². The van der Waals surface area contributed by atoms with Gasteiger partial charge < -0.3 is 19.7 Å². The molecule has 148 valence electrons. The standard InChI is InChI=1S/C21H23FN2O4/c1-27-17-4-3-5-18(28-2)19(17)21(26)24-12-10-14(11-13-24)20(25)23-16-8-6-15(22)7-9-16/h3-9,14H,10-13H2,1-2H3,(H,23,25). The molecule has 3 rings (SSSR count). The Morgan fingerprint density at radius 3 is 2.11 bits per heavy atom. The maximum atomic E-state index is 13.0. The van der Waals surface area contributed by atoms with Gasteiger partial charge in [0.1, 0.15) is 22.9 Å². The van der Waals surface area contributed by atoms with Crippen LogP contribution in [0.5, 0.6) is 11.5 Å². The van der Waals surface area contributed by atoms with Crippen molar-refractivity contribution in [2.45, 2.75) is 12.8 Å². The number of rotatable bonds is 5. The molecule has 6 nitrogen and oxygen atoms in total. The number of methoxy groups -OCH3 is 2. The number of hydrogen-bond acceptors (Lipinski definition) is 4. The first-order chi connectivity index (χ1) is 13.5. The highest BCUT2D eigenvalue weighted by atomic mass is 19.1. The van der Waals surface area contributed by atoms with Crippen molar-refractivity contribution in [1.29, 1.82) is 0 Å². The summed E-state index contributed by atoms with van der Waals surface area (Å²) in [6.07, 6.45) is 1.10. The van der Waals surface area contributed by atoms with Gasteiger partial charge in [0.25, 0.3) is 5.91 Å². The summed E-state index contributed by atoms with van der Waals surface area (Å²) in [6.45, 7) is 0.920. The molecule has 28 heavy (non-hydrogen) atoms. The molecule has 2 aromatic carbocycles. The Morgan fingerprint density at radius 2 is 1.57 bits per heavy atom. The minimum absolute atomic E-state index is 0.117. The average Bonchev–Trinajstić information content (AvgIpc) is 2.74. The van der Waals surface area contributed by atoms with E-state index >= 15 is 0 Å². The minimum atomic E-state index is -0.350. The van der Waals surface area contributed by atoms with Gasteiger partial charge in [0, 0.05) is 24.7 Å². The Hall–Kier alpha value is -3.09. The van der Waals surface area contributed by atoms with Gasteiger partial charge in [-0.3, -0.25) is 9.59 Å². The van der Waals surface area contributed by atoms with Gasteiger partial charge in [-0.25, -0.2) is 4.39 Å². The fourth-order valence-corrected chi connectivity index (χ4v) is 3.34. The molecule has 1 aliphatic heterocycles. The first kappa shape index (κ1) is 19.7. The number of piperidine rings is 1. The highest BCUT2D eigenvalue weighted by Gasteiger charge is 2.30. The maximum Gasteiger partial charge on any atom is 0.261 e. The zero-order chi connectivity index (χ0) is 20.1. The highest BCUT2D eigenvalue weighted by Crippen LogP contribution is 2.31. The number of halogens is 1. The van der Waals surface area contributed by atoms with Crippen LogP contribution < -0.4 is 14.8 Å². The van der Waals surface area contributed by atoms with E-state index < -0.39 is 0 Å². The molecule has 1 fully saturated rings. The summed E-state index contributed by atoms with van der Waals surface area (Å²) in [5.41, 5.74) is 0.949. The molecule has 1 aliphatic rings. The molecule has 0 unspecified atom stereocenters. The summed E-state index contributed by atoms with van der Waals surface area (Å²) < 4.78 is 23.6. The number of carbonyl (C=O) groups excluding carboxylic acids is 2. The normalized spacial score (nSPS) is 14.5. The van der Waals surface area contributed by atoms with E-state index in [1.165, 1.54) is 38.5 Å². The van der Waals surface area contributed by atoms with Crippen molar-refractivity contribution in [3.05, 3.63) is 53.8 Å². The predicted octanol–water partition coefficient (Wildman–Crippen LogP) is 3.33. The molecular weight excluding hydrogens is 363 g/mol. The van der Waals surface area contributed by atoms with Crippen LogP contribution in [0.25, 0.3) is 0 Å². The maximum absolute atomic E-state index is 13.0. The molecular formula is C21H23FN2O4. The van der Waals surface area contributed by atoms with E-state index in [-0.39, 0.29) is 23.5 Å². The SMILES string of the molecule is COc1cccc(OC)c1C(=O)N1CCC(C(=O)Nc2ccc(F)cc2)CC1. The molecule has 1 N–H and O–H groups in total. The van der Waals surface area contributed by atoms with Gasteiger partial charge in [-0.15, -0.1) is 0 Å². The van der Waals surface area contributed by atoms with E-state index in [9.17, 15) is 14.0 Å². The third-order valence-corrected chi connectivity index (χ3v) is 4.91. The van der Waals surface area contributed by atoms with Crippen LogP contribution in [-0.2, 0) is 4.79 Å². The van der Waals surface area contributed by atoms with Crippen molar-refractivity contribution in [3.63, 3.8) is 0 Å². The van der Waals surface area contributed by atoms with E-state index in [0.29, 0.717) is 48.7 Å². The second kappa shape index (κ2) is 8.73. The number of nitrogens with zero attached hydrogens (tertiary/aromatic N) is 1. The summed E-state index contributed by atoms with van der Waals surface area (Å²) >= 11 is 0. The molecule has 2 aromatic rings. The van der Waals surface area contributed by atoms with Crippen molar-refractivity contribution >= 4 is 17.5 Å². The van der Waals surface area contributed by atoms with Crippen LogP contribution in [0.15, 0.2) is 42.5 Å². The fourth-order valence-electron chi connectivity index (χ4n) is 3.34. The monoisotopic (exact) mass is 386 g/mol. The fraction of sp³-hybridized carbons (Fsp3) is 0.333. The molecule has 2 amide bonds. The lowest BCUT2D eigenvalue weighted by Crippen LogP contribution is -2.41. The first-order valence-electron chi connectivity index (χ1n) is 9.10. The van der Waals surface area contributed by atoms with Gasteiger partial charge in [0.15, 0.2) is 0 Å². The topological polar surface area (TPSA) is 67.9 Å². The van der Waals surface area contributed by atoms with Gasteiger partial charge in [-0.05, 0) is 49.2 Å². The number of nitrogens with one attached hydrogen (secondary N) is 1. The van der Waals surface area contributed by atoms with Crippen molar-refractivity contribution in [1.82, 2.24) is 4.90 Å². The smallest absolute Gasteiger partial charge is 0.261 e. The van der Waals surface area contributed by atoms with Crippen LogP contribution in [0, 0.1) is 11.7 Å². The molecule has 0 aliphatic carbocycles. The molecule has 1 saturated heterocycles. The molecule has 0 aromatic heterocycles. The van der Waals surface area contributed by atoms with Crippen LogP contribution in [0.3, 0.4) is 0 Å². The van der Waals surface area contributed by atoms with Crippen LogP contribution in [0.2, 0.25) is 0 Å². The lowest BCUT2D eigenvalue weighted by molar-refractivity contribution is -0.121. The number of carbonyl (C=O) groups is 2. The molecule has 0 atom stereocenters. The summed E-state index contributed by atoms with van der Waals surface area (Å²) in [5.74, 6) is 0.0755. The zero-order valence-corrected chi connectivity index (χ0v) is 15.9. The predicted molar refractivity (Wildman–Crippen MR) is 103 cm³/mol. The van der Waals surface area contributed by atoms with Crippen LogP contribution in [0.1, 0.15) is 23.2 Å². The number of hydrogen-bond donors (Lipinski definition) is 1. The number of likely N-dealkylation sites (tertiary alicyclic amines) is 1. The quantitative estimate of drug-likeness (QED) is 0.856. The van der Waals surface area contributed by atoms with Crippen molar-refractivity contribution in [2.75, 3.05) is 32.6 Å². The number of anilines is 1. The summed E-state index contributed by atoms with van der Waals surface area (Å²) in [6, 6.07) is 10.9. The van der Waals surface area contributed by atoms with Gasteiger partial charge >= 0.3 is 0 Å². The van der Waals surface area contributed by atoms with Crippen molar-refractivity contribution in [2.24, 2.45) is 5.92 Å². The van der Waals surface area contributed by atoms with Gasteiger partial charge in [0.05, 0.1) is 14.2 Å². The largest absolute Gasteiger partial charge is 0.496 e. The number of amides is 2. The second-order valence-electron chi connectivity index (χ2n) is 6.60. The lowest BCUT2D eigenvalue weighted by Gasteiger charge is -2.32. The van der Waals surface area contributed by atoms with E-state index in [0.717, 1.165) is 0 Å². The molecule has 0 bridgehead atoms. The van der Waals surface area contributed by atoms with Crippen LogP contribution >= 0.6 is 0 Å². The Kier molecular flexibility index (Phi) is 6.13. The molecule has 7 heteroatoms. The molecule has 1 heterocycles. The van der Waals surface area contributed by atoms with Gasteiger partial charge in [-0.2, -0.15) is 0 Å². The van der Waals surface area contributed by atoms with Crippen molar-refractivity contribution in [3.8, 4) is 11.5 Å². The second-order valence-corrected chi connectivity index (χ2v) is 6.60. The van der Waals surface area contributed by atoms with Crippen LogP contribution in [-0.4, -0.2) is 44.0 Å². The third kappa shape index (κ3) is 4.24. The van der Waals surface area contributed by atoms with Gasteiger partial charge in [-0.1, -0.05) is 6.07 Å². The zero-order valence-electron chi connectivity index (χ0n) is 15.9. The molecule has 0 radical (unpaired) electrons. The number of ether oxygens (including phenoxy) is 2.